The second-order valence-corrected chi connectivity index (χ2v) is 7.93. The van der Waals surface area contributed by atoms with Crippen LogP contribution in [0.3, 0.4) is 0 Å². The molecule has 2 aliphatic heterocycles. The molecule has 1 unspecified atom stereocenters. The van der Waals surface area contributed by atoms with Crippen LogP contribution in [0.4, 0.5) is 5.95 Å². The summed E-state index contributed by atoms with van der Waals surface area (Å²) in [4.78, 5) is 2.38. The van der Waals surface area contributed by atoms with Gasteiger partial charge in [-0.2, -0.15) is 0 Å². The number of piperidine rings is 1. The van der Waals surface area contributed by atoms with Gasteiger partial charge < -0.3 is 9.64 Å². The van der Waals surface area contributed by atoms with Crippen molar-refractivity contribution >= 4 is 17.7 Å². The Bertz CT molecular complexity index is 688. The largest absolute Gasteiger partial charge is 0.377 e. The van der Waals surface area contributed by atoms with Crippen molar-refractivity contribution < 1.29 is 4.74 Å². The summed E-state index contributed by atoms with van der Waals surface area (Å²) in [6.45, 7) is 5.16. The van der Waals surface area contributed by atoms with Crippen molar-refractivity contribution in [2.45, 2.75) is 50.3 Å². The number of nitrogens with zero attached hydrogens (tertiary/aromatic N) is 4. The second kappa shape index (κ2) is 7.79. The lowest BCUT2D eigenvalue weighted by atomic mass is 10.1. The smallest absolute Gasteiger partial charge is 0.232 e. The van der Waals surface area contributed by atoms with E-state index in [4.69, 9.17) is 4.74 Å². The summed E-state index contributed by atoms with van der Waals surface area (Å²) in [5.74, 6) is 1.93. The summed E-state index contributed by atoms with van der Waals surface area (Å²) in [5.41, 5.74) is 2.41. The third-order valence-electron chi connectivity index (χ3n) is 4.97. The van der Waals surface area contributed by atoms with Crippen LogP contribution in [0.2, 0.25) is 0 Å². The Balaban J connectivity index is 1.62. The number of hydrogen-bond acceptors (Lipinski definition) is 5. The molecule has 2 saturated heterocycles. The molecule has 0 bridgehead atoms. The van der Waals surface area contributed by atoms with Gasteiger partial charge in [0.05, 0.1) is 11.8 Å². The summed E-state index contributed by atoms with van der Waals surface area (Å²) in [6.07, 6.45) is 6.47. The van der Waals surface area contributed by atoms with Gasteiger partial charge in [-0.1, -0.05) is 29.5 Å². The first-order valence-corrected chi connectivity index (χ1v) is 10.3. The van der Waals surface area contributed by atoms with E-state index in [2.05, 4.69) is 50.9 Å². The van der Waals surface area contributed by atoms with Crippen molar-refractivity contribution in [3.05, 3.63) is 29.8 Å². The molecule has 2 aromatic rings. The highest BCUT2D eigenvalue weighted by molar-refractivity contribution is 7.99. The first-order chi connectivity index (χ1) is 12.3. The van der Waals surface area contributed by atoms with Gasteiger partial charge in [0, 0.05) is 25.4 Å². The van der Waals surface area contributed by atoms with Crippen LogP contribution in [-0.2, 0) is 4.74 Å². The summed E-state index contributed by atoms with van der Waals surface area (Å²) in [7, 11) is 0. The predicted molar refractivity (Wildman–Crippen MR) is 102 cm³/mol. The molecule has 2 fully saturated rings. The van der Waals surface area contributed by atoms with Crippen molar-refractivity contribution in [1.82, 2.24) is 14.8 Å². The van der Waals surface area contributed by atoms with E-state index < -0.39 is 0 Å². The number of thioether (sulfide) groups is 1. The Morgan fingerprint density at radius 2 is 1.88 bits per heavy atom. The van der Waals surface area contributed by atoms with E-state index >= 15 is 0 Å². The maximum absolute atomic E-state index is 5.77. The van der Waals surface area contributed by atoms with Crippen molar-refractivity contribution in [3.63, 3.8) is 0 Å². The zero-order valence-electron chi connectivity index (χ0n) is 14.9. The molecule has 0 aliphatic carbocycles. The molecule has 1 aromatic heterocycles. The molecule has 3 heterocycles. The topological polar surface area (TPSA) is 43.2 Å². The summed E-state index contributed by atoms with van der Waals surface area (Å²) < 4.78 is 8.00. The SMILES string of the molecule is Cc1ccc(-n2c(SCC3CCCO3)nnc2N2CCCCC2)cc1. The fourth-order valence-corrected chi connectivity index (χ4v) is 4.53. The predicted octanol–water partition coefficient (Wildman–Crippen LogP) is 3.84. The van der Waals surface area contributed by atoms with Crippen LogP contribution in [0.5, 0.6) is 0 Å². The first-order valence-electron chi connectivity index (χ1n) is 9.33. The van der Waals surface area contributed by atoms with E-state index in [0.29, 0.717) is 6.10 Å². The van der Waals surface area contributed by atoms with Crippen molar-refractivity contribution in [2.75, 3.05) is 30.3 Å². The number of ether oxygens (including phenoxy) is 1. The number of anilines is 1. The van der Waals surface area contributed by atoms with Crippen molar-refractivity contribution in [3.8, 4) is 5.69 Å². The minimum absolute atomic E-state index is 0.353. The van der Waals surface area contributed by atoms with Gasteiger partial charge >= 0.3 is 0 Å². The molecule has 6 heteroatoms. The van der Waals surface area contributed by atoms with E-state index in [1.165, 1.54) is 31.2 Å². The number of rotatable bonds is 5. The highest BCUT2D eigenvalue weighted by Crippen LogP contribution is 2.30. The van der Waals surface area contributed by atoms with E-state index in [9.17, 15) is 0 Å². The average Bonchev–Trinajstić information content (AvgIpc) is 3.31. The minimum Gasteiger partial charge on any atom is -0.377 e. The summed E-state index contributed by atoms with van der Waals surface area (Å²) in [6, 6.07) is 8.65. The molecule has 0 radical (unpaired) electrons. The molecule has 4 rings (SSSR count). The normalized spacial score (nSPS) is 21.0. The Kier molecular flexibility index (Phi) is 5.27. The lowest BCUT2D eigenvalue weighted by molar-refractivity contribution is 0.129. The molecule has 1 aromatic carbocycles. The zero-order valence-corrected chi connectivity index (χ0v) is 15.7. The van der Waals surface area contributed by atoms with E-state index in [1.807, 2.05) is 0 Å². The Hall–Kier alpha value is -1.53. The summed E-state index contributed by atoms with van der Waals surface area (Å²) >= 11 is 1.77. The van der Waals surface area contributed by atoms with E-state index in [0.717, 1.165) is 48.7 Å². The van der Waals surface area contributed by atoms with Crippen LogP contribution in [0.25, 0.3) is 5.69 Å². The van der Waals surface area contributed by atoms with Gasteiger partial charge in [0.1, 0.15) is 0 Å². The van der Waals surface area contributed by atoms with Gasteiger partial charge in [-0.15, -0.1) is 10.2 Å². The van der Waals surface area contributed by atoms with Gasteiger partial charge in [-0.25, -0.2) is 0 Å². The van der Waals surface area contributed by atoms with Gasteiger partial charge in [0.25, 0.3) is 0 Å². The third-order valence-corrected chi connectivity index (χ3v) is 6.03. The quantitative estimate of drug-likeness (QED) is 0.760. The molecule has 5 nitrogen and oxygen atoms in total. The highest BCUT2D eigenvalue weighted by atomic mass is 32.2. The van der Waals surface area contributed by atoms with Gasteiger partial charge in [-0.05, 0) is 51.2 Å². The van der Waals surface area contributed by atoms with Crippen LogP contribution >= 0.6 is 11.8 Å². The second-order valence-electron chi connectivity index (χ2n) is 6.95. The first kappa shape index (κ1) is 16.9. The standard InChI is InChI=1S/C19H26N4OS/c1-15-7-9-16(10-8-15)23-18(22-11-3-2-4-12-22)20-21-19(23)25-14-17-6-5-13-24-17/h7-10,17H,2-6,11-14H2,1H3. The van der Waals surface area contributed by atoms with Gasteiger partial charge in [-0.3, -0.25) is 4.57 Å². The summed E-state index contributed by atoms with van der Waals surface area (Å²) in [5, 5.41) is 10.1. The molecule has 2 aliphatic rings. The van der Waals surface area contributed by atoms with Gasteiger partial charge in [0.2, 0.25) is 5.95 Å². The third kappa shape index (κ3) is 3.85. The zero-order chi connectivity index (χ0) is 17.1. The fraction of sp³-hybridized carbons (Fsp3) is 0.579. The maximum atomic E-state index is 5.77. The molecule has 134 valence electrons. The van der Waals surface area contributed by atoms with Crippen molar-refractivity contribution in [2.24, 2.45) is 0 Å². The van der Waals surface area contributed by atoms with Crippen molar-refractivity contribution in [1.29, 1.82) is 0 Å². The van der Waals surface area contributed by atoms with Crippen LogP contribution < -0.4 is 4.90 Å². The Labute approximate surface area is 153 Å². The Morgan fingerprint density at radius 1 is 1.08 bits per heavy atom. The van der Waals surface area contributed by atoms with Crippen LogP contribution in [0.1, 0.15) is 37.7 Å². The molecular formula is C19H26N4OS. The lowest BCUT2D eigenvalue weighted by Crippen LogP contribution is -2.31. The van der Waals surface area contributed by atoms with Crippen LogP contribution in [0, 0.1) is 6.92 Å². The molecule has 25 heavy (non-hydrogen) atoms. The number of hydrogen-bond donors (Lipinski definition) is 0. The molecular weight excluding hydrogens is 332 g/mol. The Morgan fingerprint density at radius 3 is 2.60 bits per heavy atom. The van der Waals surface area contributed by atoms with Crippen LogP contribution in [-0.4, -0.2) is 46.3 Å². The molecule has 0 saturated carbocycles. The monoisotopic (exact) mass is 358 g/mol. The number of aryl methyl sites for hydroxylation is 1. The number of benzene rings is 1. The van der Waals surface area contributed by atoms with E-state index in [1.54, 1.807) is 11.8 Å². The fourth-order valence-electron chi connectivity index (χ4n) is 3.52. The van der Waals surface area contributed by atoms with E-state index in [-0.39, 0.29) is 0 Å². The molecule has 0 spiro atoms. The number of aromatic nitrogens is 3. The molecule has 0 N–H and O–H groups in total. The molecule has 1 atom stereocenters. The van der Waals surface area contributed by atoms with Gasteiger partial charge in [0.15, 0.2) is 5.16 Å². The minimum atomic E-state index is 0.353. The molecule has 0 amide bonds. The maximum Gasteiger partial charge on any atom is 0.232 e. The average molecular weight is 359 g/mol. The lowest BCUT2D eigenvalue weighted by Gasteiger charge is -2.27. The highest BCUT2D eigenvalue weighted by Gasteiger charge is 2.23. The van der Waals surface area contributed by atoms with Crippen LogP contribution in [0.15, 0.2) is 29.4 Å².